The maximum atomic E-state index is 11.1. The molecule has 3 unspecified atom stereocenters. The van der Waals surface area contributed by atoms with Crippen LogP contribution in [0.25, 0.3) is 0 Å². The Kier molecular flexibility index (Phi) is 2.60. The van der Waals surface area contributed by atoms with Crippen LogP contribution in [0.4, 0.5) is 0 Å². The molecule has 3 atom stereocenters. The molecule has 3 rings (SSSR count). The summed E-state index contributed by atoms with van der Waals surface area (Å²) in [6.07, 6.45) is 3.30. The third-order valence-electron chi connectivity index (χ3n) is 3.19. The van der Waals surface area contributed by atoms with Gasteiger partial charge in [0, 0.05) is 11.9 Å². The van der Waals surface area contributed by atoms with Gasteiger partial charge in [-0.1, -0.05) is 30.3 Å². The maximum absolute atomic E-state index is 11.1. The van der Waals surface area contributed by atoms with Crippen LogP contribution in [0.15, 0.2) is 47.1 Å². The fraction of sp³-hybridized carbons (Fsp3) is 0.231. The number of nitrogens with one attached hydrogen (secondary N) is 2. The van der Waals surface area contributed by atoms with E-state index in [4.69, 9.17) is 5.11 Å². The Balaban J connectivity index is 1.85. The van der Waals surface area contributed by atoms with Gasteiger partial charge < -0.3 is 10.4 Å². The Bertz CT molecular complexity index is 524. The van der Waals surface area contributed by atoms with Crippen LogP contribution in [0.1, 0.15) is 11.7 Å². The van der Waals surface area contributed by atoms with Crippen molar-refractivity contribution in [1.82, 2.24) is 10.6 Å². The summed E-state index contributed by atoms with van der Waals surface area (Å²) in [5.74, 6) is -0.912. The van der Waals surface area contributed by atoms with Gasteiger partial charge in [0.15, 0.2) is 6.04 Å². The average molecular weight is 243 g/mol. The number of fused-ring (bicyclic) bond motifs is 1. The molecule has 0 radical (unpaired) electrons. The zero-order valence-electron chi connectivity index (χ0n) is 9.58. The Labute approximate surface area is 104 Å². The standard InChI is InChI=1S/C13H13N3O2/c17-13(18)11-10-9(6-7-14-11)15-12(16-10)8-4-2-1-3-5-8/h1-7,10-12,15-16H,(H,17,18). The minimum Gasteiger partial charge on any atom is -0.480 e. The number of aliphatic imine (C=N–C) groups is 1. The molecule has 18 heavy (non-hydrogen) atoms. The van der Waals surface area contributed by atoms with Crippen molar-refractivity contribution in [2.75, 3.05) is 0 Å². The number of hydrogen-bond donors (Lipinski definition) is 3. The molecule has 3 N–H and O–H groups in total. The number of dihydropyridines is 1. The van der Waals surface area contributed by atoms with E-state index < -0.39 is 12.0 Å². The van der Waals surface area contributed by atoms with Crippen LogP contribution in [0, 0.1) is 0 Å². The Hall–Kier alpha value is -2.14. The summed E-state index contributed by atoms with van der Waals surface area (Å²) in [5, 5.41) is 15.7. The lowest BCUT2D eigenvalue weighted by atomic mass is 10.0. The highest BCUT2D eigenvalue weighted by atomic mass is 16.4. The molecule has 1 aromatic carbocycles. The van der Waals surface area contributed by atoms with E-state index in [1.54, 1.807) is 6.21 Å². The lowest BCUT2D eigenvalue weighted by Gasteiger charge is -2.19. The second-order valence-corrected chi connectivity index (χ2v) is 4.34. The maximum Gasteiger partial charge on any atom is 0.330 e. The molecule has 2 aliphatic heterocycles. The van der Waals surface area contributed by atoms with Crippen molar-refractivity contribution in [3.8, 4) is 0 Å². The normalized spacial score (nSPS) is 29.3. The molecule has 1 fully saturated rings. The molecule has 0 saturated carbocycles. The first-order valence-electron chi connectivity index (χ1n) is 5.79. The monoisotopic (exact) mass is 243 g/mol. The van der Waals surface area contributed by atoms with Crippen molar-refractivity contribution in [3.63, 3.8) is 0 Å². The highest BCUT2D eigenvalue weighted by Gasteiger charge is 2.39. The number of nitrogens with zero attached hydrogens (tertiary/aromatic N) is 1. The molecule has 2 aliphatic rings. The summed E-state index contributed by atoms with van der Waals surface area (Å²) in [6.45, 7) is 0. The number of carboxylic acids is 1. The molecule has 0 amide bonds. The molecule has 92 valence electrons. The Morgan fingerprint density at radius 2 is 2.06 bits per heavy atom. The van der Waals surface area contributed by atoms with E-state index in [1.807, 2.05) is 36.4 Å². The summed E-state index contributed by atoms with van der Waals surface area (Å²) in [7, 11) is 0. The van der Waals surface area contributed by atoms with Gasteiger partial charge in [0.05, 0.1) is 6.04 Å². The topological polar surface area (TPSA) is 73.7 Å². The van der Waals surface area contributed by atoms with Crippen molar-refractivity contribution < 1.29 is 9.90 Å². The van der Waals surface area contributed by atoms with E-state index in [2.05, 4.69) is 15.6 Å². The van der Waals surface area contributed by atoms with Gasteiger partial charge >= 0.3 is 5.97 Å². The van der Waals surface area contributed by atoms with Gasteiger partial charge in [0.25, 0.3) is 0 Å². The summed E-state index contributed by atoms with van der Waals surface area (Å²) < 4.78 is 0. The van der Waals surface area contributed by atoms with Crippen LogP contribution in [0.3, 0.4) is 0 Å². The summed E-state index contributed by atoms with van der Waals surface area (Å²) in [6, 6.07) is 8.83. The van der Waals surface area contributed by atoms with Crippen molar-refractivity contribution in [2.45, 2.75) is 18.2 Å². The minimum absolute atomic E-state index is 0.0639. The molecule has 0 bridgehead atoms. The van der Waals surface area contributed by atoms with Crippen LogP contribution in [0.5, 0.6) is 0 Å². The van der Waals surface area contributed by atoms with E-state index in [-0.39, 0.29) is 12.2 Å². The van der Waals surface area contributed by atoms with Gasteiger partial charge in [-0.15, -0.1) is 0 Å². The SMILES string of the molecule is O=C(O)C1N=CC=C2NC(c3ccccc3)NC21. The number of hydrogen-bond acceptors (Lipinski definition) is 4. The number of carbonyl (C=O) groups is 1. The van der Waals surface area contributed by atoms with Gasteiger partial charge in [0.1, 0.15) is 6.17 Å². The smallest absolute Gasteiger partial charge is 0.330 e. The number of benzene rings is 1. The lowest BCUT2D eigenvalue weighted by molar-refractivity contribution is -0.138. The van der Waals surface area contributed by atoms with E-state index in [0.29, 0.717) is 0 Å². The third kappa shape index (κ3) is 1.78. The van der Waals surface area contributed by atoms with E-state index in [9.17, 15) is 4.79 Å². The predicted octanol–water partition coefficient (Wildman–Crippen LogP) is 0.668. The molecule has 0 spiro atoms. The number of allylic oxidation sites excluding steroid dienone is 1. The Morgan fingerprint density at radius 3 is 2.78 bits per heavy atom. The molecule has 1 aromatic rings. The largest absolute Gasteiger partial charge is 0.480 e. The van der Waals surface area contributed by atoms with E-state index >= 15 is 0 Å². The molecule has 2 heterocycles. The zero-order valence-corrected chi connectivity index (χ0v) is 9.58. The van der Waals surface area contributed by atoms with Crippen LogP contribution < -0.4 is 10.6 Å². The molecular weight excluding hydrogens is 230 g/mol. The Morgan fingerprint density at radius 1 is 1.28 bits per heavy atom. The predicted molar refractivity (Wildman–Crippen MR) is 67.2 cm³/mol. The van der Waals surface area contributed by atoms with Crippen molar-refractivity contribution in [3.05, 3.63) is 47.7 Å². The first-order chi connectivity index (χ1) is 8.75. The van der Waals surface area contributed by atoms with Crippen LogP contribution >= 0.6 is 0 Å². The van der Waals surface area contributed by atoms with Gasteiger partial charge in [-0.05, 0) is 11.6 Å². The molecule has 0 aromatic heterocycles. The van der Waals surface area contributed by atoms with Gasteiger partial charge in [0.2, 0.25) is 0 Å². The third-order valence-corrected chi connectivity index (χ3v) is 3.19. The second-order valence-electron chi connectivity index (χ2n) is 4.34. The molecular formula is C13H13N3O2. The molecule has 0 aliphatic carbocycles. The van der Waals surface area contributed by atoms with E-state index in [0.717, 1.165) is 11.3 Å². The van der Waals surface area contributed by atoms with Crippen LogP contribution in [-0.4, -0.2) is 29.4 Å². The lowest BCUT2D eigenvalue weighted by Crippen LogP contribution is -2.42. The minimum atomic E-state index is -0.912. The summed E-state index contributed by atoms with van der Waals surface area (Å²) in [4.78, 5) is 15.1. The van der Waals surface area contributed by atoms with E-state index in [1.165, 1.54) is 0 Å². The molecule has 1 saturated heterocycles. The van der Waals surface area contributed by atoms with Crippen molar-refractivity contribution in [2.24, 2.45) is 4.99 Å². The second kappa shape index (κ2) is 4.27. The number of aliphatic carboxylic acids is 1. The van der Waals surface area contributed by atoms with Gasteiger partial charge in [-0.2, -0.15) is 0 Å². The quantitative estimate of drug-likeness (QED) is 0.713. The van der Waals surface area contributed by atoms with Crippen LogP contribution in [-0.2, 0) is 4.79 Å². The fourth-order valence-electron chi connectivity index (χ4n) is 2.31. The molecule has 5 heteroatoms. The van der Waals surface area contributed by atoms with Crippen molar-refractivity contribution >= 4 is 12.2 Å². The fourth-order valence-corrected chi connectivity index (χ4v) is 2.31. The average Bonchev–Trinajstić information content (AvgIpc) is 2.83. The highest BCUT2D eigenvalue weighted by molar-refractivity contribution is 5.83. The highest BCUT2D eigenvalue weighted by Crippen LogP contribution is 2.25. The summed E-state index contributed by atoms with van der Waals surface area (Å²) >= 11 is 0. The number of rotatable bonds is 2. The van der Waals surface area contributed by atoms with Gasteiger partial charge in [-0.25, -0.2) is 4.79 Å². The molecule has 5 nitrogen and oxygen atoms in total. The first-order valence-corrected chi connectivity index (χ1v) is 5.79. The summed E-state index contributed by atoms with van der Waals surface area (Å²) in [5.41, 5.74) is 1.96. The van der Waals surface area contributed by atoms with Crippen LogP contribution in [0.2, 0.25) is 0 Å². The first kappa shape index (κ1) is 11.0. The van der Waals surface area contributed by atoms with Gasteiger partial charge in [-0.3, -0.25) is 10.3 Å². The zero-order chi connectivity index (χ0) is 12.5. The number of carboxylic acid groups (broad SMARTS) is 1. The van der Waals surface area contributed by atoms with Crippen molar-refractivity contribution in [1.29, 1.82) is 0 Å².